The summed E-state index contributed by atoms with van der Waals surface area (Å²) in [6, 6.07) is 4.38. The molecule has 0 unspecified atom stereocenters. The third kappa shape index (κ3) is 5.79. The van der Waals surface area contributed by atoms with E-state index in [-0.39, 0.29) is 17.8 Å². The molecule has 2 aromatic rings. The highest BCUT2D eigenvalue weighted by Crippen LogP contribution is 2.30. The largest absolute Gasteiger partial charge is 0.464 e. The first-order chi connectivity index (χ1) is 13.3. The van der Waals surface area contributed by atoms with Crippen LogP contribution in [0.25, 0.3) is 0 Å². The summed E-state index contributed by atoms with van der Waals surface area (Å²) in [4.78, 5) is 30.0. The Bertz CT molecular complexity index is 821. The van der Waals surface area contributed by atoms with Crippen LogP contribution in [0.5, 0.6) is 0 Å². The van der Waals surface area contributed by atoms with Gasteiger partial charge in [0.05, 0.1) is 19.2 Å². The summed E-state index contributed by atoms with van der Waals surface area (Å²) in [6.07, 6.45) is -1.97. The Morgan fingerprint density at radius 3 is 2.64 bits per heavy atom. The van der Waals surface area contributed by atoms with E-state index < -0.39 is 23.6 Å². The smallest absolute Gasteiger partial charge is 0.416 e. The lowest BCUT2D eigenvalue weighted by Gasteiger charge is -2.22. The Kier molecular flexibility index (Phi) is 7.56. The number of benzene rings is 1. The quantitative estimate of drug-likeness (QED) is 0.461. The molecule has 0 fully saturated rings. The SMILES string of the molecule is CCCCCN(Cc1nc(C(=O)OC)cs1)C(=O)c1cccc(C(F)(F)F)c1. The zero-order valence-electron chi connectivity index (χ0n) is 15.6. The van der Waals surface area contributed by atoms with Crippen molar-refractivity contribution in [3.8, 4) is 0 Å². The molecule has 9 heteroatoms. The Morgan fingerprint density at radius 2 is 2.00 bits per heavy atom. The van der Waals surface area contributed by atoms with E-state index in [1.54, 1.807) is 0 Å². The van der Waals surface area contributed by atoms with E-state index in [2.05, 4.69) is 9.72 Å². The fourth-order valence-electron chi connectivity index (χ4n) is 2.56. The van der Waals surface area contributed by atoms with Crippen LogP contribution in [0.4, 0.5) is 13.2 Å². The summed E-state index contributed by atoms with van der Waals surface area (Å²) in [6.45, 7) is 2.51. The predicted octanol–water partition coefficient (Wildman–Crippen LogP) is 4.78. The summed E-state index contributed by atoms with van der Waals surface area (Å²) in [5.74, 6) is -1.08. The number of amides is 1. The summed E-state index contributed by atoms with van der Waals surface area (Å²) in [7, 11) is 1.25. The number of methoxy groups -OCH3 is 1. The van der Waals surface area contributed by atoms with Gasteiger partial charge in [0.1, 0.15) is 5.01 Å². The maximum atomic E-state index is 13.0. The molecule has 0 aliphatic rings. The van der Waals surface area contributed by atoms with Crippen LogP contribution in [-0.2, 0) is 17.5 Å². The lowest BCUT2D eigenvalue weighted by molar-refractivity contribution is -0.137. The first-order valence-electron chi connectivity index (χ1n) is 8.75. The van der Waals surface area contributed by atoms with Crippen molar-refractivity contribution in [2.75, 3.05) is 13.7 Å². The minimum absolute atomic E-state index is 0.0314. The third-order valence-corrected chi connectivity index (χ3v) is 4.86. The first kappa shape index (κ1) is 21.9. The number of ether oxygens (including phenoxy) is 1. The minimum Gasteiger partial charge on any atom is -0.464 e. The van der Waals surface area contributed by atoms with Crippen LogP contribution in [0, 0.1) is 0 Å². The molecule has 1 amide bonds. The maximum Gasteiger partial charge on any atom is 0.416 e. The van der Waals surface area contributed by atoms with Gasteiger partial charge in [-0.2, -0.15) is 13.2 Å². The van der Waals surface area contributed by atoms with Crippen molar-refractivity contribution in [2.45, 2.75) is 38.9 Å². The number of thiazole rings is 1. The van der Waals surface area contributed by atoms with Crippen LogP contribution in [0.15, 0.2) is 29.6 Å². The number of hydrogen-bond donors (Lipinski definition) is 0. The monoisotopic (exact) mass is 414 g/mol. The molecule has 0 aliphatic heterocycles. The molecule has 152 valence electrons. The van der Waals surface area contributed by atoms with Gasteiger partial charge in [0.25, 0.3) is 5.91 Å². The zero-order chi connectivity index (χ0) is 20.7. The van der Waals surface area contributed by atoms with Gasteiger partial charge in [0, 0.05) is 17.5 Å². The number of halogens is 3. The molecule has 0 N–H and O–H groups in total. The molecule has 1 aromatic carbocycles. The summed E-state index contributed by atoms with van der Waals surface area (Å²) in [5.41, 5.74) is -0.757. The molecular weight excluding hydrogens is 393 g/mol. The van der Waals surface area contributed by atoms with Crippen molar-refractivity contribution in [1.29, 1.82) is 0 Å². The Labute approximate surface area is 165 Å². The van der Waals surface area contributed by atoms with Gasteiger partial charge in [-0.05, 0) is 24.6 Å². The van der Waals surface area contributed by atoms with Crippen molar-refractivity contribution in [3.63, 3.8) is 0 Å². The predicted molar refractivity (Wildman–Crippen MR) is 99.2 cm³/mol. The normalized spacial score (nSPS) is 11.3. The average molecular weight is 414 g/mol. The van der Waals surface area contributed by atoms with E-state index in [4.69, 9.17) is 0 Å². The number of nitrogens with zero attached hydrogens (tertiary/aromatic N) is 2. The molecule has 0 radical (unpaired) electrons. The van der Waals surface area contributed by atoms with E-state index in [9.17, 15) is 22.8 Å². The second kappa shape index (κ2) is 9.68. The number of hydrogen-bond acceptors (Lipinski definition) is 5. The second-order valence-corrected chi connectivity index (χ2v) is 7.07. The van der Waals surface area contributed by atoms with Gasteiger partial charge in [0.15, 0.2) is 5.69 Å². The average Bonchev–Trinajstić information content (AvgIpc) is 3.14. The van der Waals surface area contributed by atoms with Gasteiger partial charge < -0.3 is 9.64 Å². The maximum absolute atomic E-state index is 13.0. The van der Waals surface area contributed by atoms with Crippen molar-refractivity contribution < 1.29 is 27.5 Å². The Morgan fingerprint density at radius 1 is 1.25 bits per heavy atom. The molecule has 5 nitrogen and oxygen atoms in total. The number of aromatic nitrogens is 1. The third-order valence-electron chi connectivity index (χ3n) is 4.03. The lowest BCUT2D eigenvalue weighted by atomic mass is 10.1. The molecule has 0 spiro atoms. The molecule has 28 heavy (non-hydrogen) atoms. The van der Waals surface area contributed by atoms with E-state index in [0.29, 0.717) is 11.6 Å². The molecule has 2 rings (SSSR count). The number of alkyl halides is 3. The van der Waals surface area contributed by atoms with Crippen molar-refractivity contribution >= 4 is 23.2 Å². The van der Waals surface area contributed by atoms with Crippen LogP contribution < -0.4 is 0 Å². The number of unbranched alkanes of at least 4 members (excludes halogenated alkanes) is 2. The highest BCUT2D eigenvalue weighted by atomic mass is 32.1. The van der Waals surface area contributed by atoms with Gasteiger partial charge >= 0.3 is 12.1 Å². The van der Waals surface area contributed by atoms with Crippen molar-refractivity contribution in [2.24, 2.45) is 0 Å². The van der Waals surface area contributed by atoms with Crippen LogP contribution in [-0.4, -0.2) is 35.4 Å². The van der Waals surface area contributed by atoms with E-state index in [0.717, 1.165) is 31.4 Å². The lowest BCUT2D eigenvalue weighted by Crippen LogP contribution is -2.31. The van der Waals surface area contributed by atoms with E-state index in [1.807, 2.05) is 6.92 Å². The van der Waals surface area contributed by atoms with Gasteiger partial charge in [-0.15, -0.1) is 11.3 Å². The number of carbonyl (C=O) groups is 2. The zero-order valence-corrected chi connectivity index (χ0v) is 16.4. The molecule has 0 aliphatic carbocycles. The standard InChI is InChI=1S/C19H21F3N2O3S/c1-3-4-5-9-24(11-16-23-15(12-28-16)18(26)27-2)17(25)13-7-6-8-14(10-13)19(20,21)22/h6-8,10,12H,3-5,9,11H2,1-2H3. The molecule has 0 saturated heterocycles. The van der Waals surface area contributed by atoms with Gasteiger partial charge in [-0.1, -0.05) is 25.8 Å². The highest BCUT2D eigenvalue weighted by Gasteiger charge is 2.31. The molecule has 0 saturated carbocycles. The molecule has 1 aromatic heterocycles. The number of esters is 1. The number of carbonyl (C=O) groups excluding carboxylic acids is 2. The van der Waals surface area contributed by atoms with Crippen LogP contribution in [0.3, 0.4) is 0 Å². The highest BCUT2D eigenvalue weighted by molar-refractivity contribution is 7.09. The first-order valence-corrected chi connectivity index (χ1v) is 9.63. The summed E-state index contributed by atoms with van der Waals surface area (Å²) < 4.78 is 43.5. The van der Waals surface area contributed by atoms with Crippen LogP contribution >= 0.6 is 11.3 Å². The van der Waals surface area contributed by atoms with Gasteiger partial charge in [0.2, 0.25) is 0 Å². The molecule has 0 bridgehead atoms. The van der Waals surface area contributed by atoms with Crippen LogP contribution in [0.2, 0.25) is 0 Å². The fraction of sp³-hybridized carbons (Fsp3) is 0.421. The number of rotatable bonds is 8. The van der Waals surface area contributed by atoms with Crippen molar-refractivity contribution in [3.05, 3.63) is 51.5 Å². The molecule has 1 heterocycles. The Balaban J connectivity index is 2.23. The van der Waals surface area contributed by atoms with E-state index >= 15 is 0 Å². The minimum atomic E-state index is -4.52. The van der Waals surface area contributed by atoms with E-state index in [1.165, 1.54) is 40.9 Å². The summed E-state index contributed by atoms with van der Waals surface area (Å²) >= 11 is 1.19. The van der Waals surface area contributed by atoms with Gasteiger partial charge in [-0.3, -0.25) is 4.79 Å². The fourth-order valence-corrected chi connectivity index (χ4v) is 3.34. The van der Waals surface area contributed by atoms with Crippen molar-refractivity contribution in [1.82, 2.24) is 9.88 Å². The Hall–Kier alpha value is -2.42. The van der Waals surface area contributed by atoms with Gasteiger partial charge in [-0.25, -0.2) is 9.78 Å². The second-order valence-electron chi connectivity index (χ2n) is 6.13. The summed E-state index contributed by atoms with van der Waals surface area (Å²) in [5, 5.41) is 2.04. The molecule has 0 atom stereocenters. The molecular formula is C19H21F3N2O3S. The van der Waals surface area contributed by atoms with Crippen LogP contribution in [0.1, 0.15) is 57.6 Å². The topological polar surface area (TPSA) is 59.5 Å².